The molecule has 0 radical (unpaired) electrons. The van der Waals surface area contributed by atoms with E-state index < -0.39 is 5.54 Å². The van der Waals surface area contributed by atoms with E-state index in [1.54, 1.807) is 6.08 Å². The number of hydrogen-bond acceptors (Lipinski definition) is 3. The van der Waals surface area contributed by atoms with Gasteiger partial charge in [0.1, 0.15) is 5.54 Å². The average molecular weight is 261 g/mol. The van der Waals surface area contributed by atoms with Crippen molar-refractivity contribution in [3.8, 4) is 0 Å². The number of carbonyl (C=O) groups is 1. The summed E-state index contributed by atoms with van der Waals surface area (Å²) in [5, 5.41) is 5.75. The Morgan fingerprint density at radius 2 is 2.05 bits per heavy atom. The molecule has 4 N–H and O–H groups in total. The minimum Gasteiger partial charge on any atom is -0.376 e. The molecule has 5 nitrogen and oxygen atoms in total. The van der Waals surface area contributed by atoms with Crippen molar-refractivity contribution in [3.05, 3.63) is 48.0 Å². The van der Waals surface area contributed by atoms with Gasteiger partial charge in [0.25, 0.3) is 0 Å². The third-order valence-corrected chi connectivity index (χ3v) is 3.06. The molecule has 2 rings (SSSR count). The molecular weight excluding hydrogens is 242 g/mol. The van der Waals surface area contributed by atoms with Crippen molar-refractivity contribution >= 4 is 6.03 Å². The molecule has 2 amide bonds. The molecular formula is C14H19N3O2. The van der Waals surface area contributed by atoms with Gasteiger partial charge in [-0.3, -0.25) is 0 Å². The second-order valence-electron chi connectivity index (χ2n) is 4.48. The molecule has 1 aliphatic rings. The largest absolute Gasteiger partial charge is 0.376 e. The third-order valence-electron chi connectivity index (χ3n) is 3.06. The normalized spacial score (nSPS) is 16.9. The summed E-state index contributed by atoms with van der Waals surface area (Å²) in [6.07, 6.45) is 3.63. The number of ether oxygens (including phenoxy) is 1. The molecule has 0 aliphatic carbocycles. The van der Waals surface area contributed by atoms with Crippen molar-refractivity contribution in [1.82, 2.24) is 10.6 Å². The maximum absolute atomic E-state index is 11.8. The maximum atomic E-state index is 11.8. The zero-order valence-corrected chi connectivity index (χ0v) is 10.8. The van der Waals surface area contributed by atoms with Crippen LogP contribution in [0.25, 0.3) is 0 Å². The van der Waals surface area contributed by atoms with E-state index >= 15 is 0 Å². The molecule has 0 unspecified atom stereocenters. The molecule has 0 aromatic heterocycles. The van der Waals surface area contributed by atoms with Gasteiger partial charge in [-0.05, 0) is 5.56 Å². The van der Waals surface area contributed by atoms with Crippen LogP contribution in [0, 0.1) is 0 Å². The molecule has 1 aromatic carbocycles. The molecule has 0 atom stereocenters. The number of nitrogens with one attached hydrogen (secondary N) is 2. The van der Waals surface area contributed by atoms with Crippen LogP contribution in [-0.2, 0) is 10.3 Å². The molecule has 1 heterocycles. The van der Waals surface area contributed by atoms with Gasteiger partial charge in [-0.25, -0.2) is 4.79 Å². The van der Waals surface area contributed by atoms with Gasteiger partial charge in [-0.2, -0.15) is 0 Å². The molecule has 1 aliphatic heterocycles. The Balaban J connectivity index is 1.92. The summed E-state index contributed by atoms with van der Waals surface area (Å²) < 4.78 is 5.26. The topological polar surface area (TPSA) is 76.4 Å². The Bertz CT molecular complexity index is 441. The fourth-order valence-corrected chi connectivity index (χ4v) is 1.97. The highest BCUT2D eigenvalue weighted by Crippen LogP contribution is 2.29. The molecule has 0 spiro atoms. The first-order valence-corrected chi connectivity index (χ1v) is 6.31. The van der Waals surface area contributed by atoms with Gasteiger partial charge in [0.05, 0.1) is 13.2 Å². The van der Waals surface area contributed by atoms with E-state index in [-0.39, 0.29) is 6.03 Å². The monoisotopic (exact) mass is 261 g/mol. The summed E-state index contributed by atoms with van der Waals surface area (Å²) >= 11 is 0. The lowest BCUT2D eigenvalue weighted by Crippen LogP contribution is -2.61. The minimum absolute atomic E-state index is 0.200. The molecule has 0 bridgehead atoms. The molecule has 1 aromatic rings. The molecule has 0 saturated carbocycles. The number of benzene rings is 1. The third kappa shape index (κ3) is 3.33. The lowest BCUT2D eigenvalue weighted by Gasteiger charge is -2.42. The van der Waals surface area contributed by atoms with Gasteiger partial charge >= 0.3 is 6.03 Å². The highest BCUT2D eigenvalue weighted by molar-refractivity contribution is 5.75. The number of hydrogen-bond donors (Lipinski definition) is 3. The van der Waals surface area contributed by atoms with Crippen molar-refractivity contribution in [2.45, 2.75) is 5.54 Å². The standard InChI is InChI=1S/C14H19N3O2/c15-8-4-5-9-16-13(18)17-14(10-19-11-14)12-6-2-1-3-7-12/h1-7H,8-11,15H2,(H2,16,17,18)/b5-4+. The van der Waals surface area contributed by atoms with E-state index in [9.17, 15) is 4.79 Å². The van der Waals surface area contributed by atoms with Gasteiger partial charge in [0.2, 0.25) is 0 Å². The quantitative estimate of drug-likeness (QED) is 0.684. The lowest BCUT2D eigenvalue weighted by molar-refractivity contribution is -0.0716. The van der Waals surface area contributed by atoms with Crippen LogP contribution >= 0.6 is 0 Å². The van der Waals surface area contributed by atoms with E-state index in [0.717, 1.165) is 5.56 Å². The first-order valence-electron chi connectivity index (χ1n) is 6.31. The lowest BCUT2D eigenvalue weighted by atomic mass is 9.88. The average Bonchev–Trinajstić information content (AvgIpc) is 2.40. The van der Waals surface area contributed by atoms with Crippen molar-refractivity contribution in [2.24, 2.45) is 5.73 Å². The van der Waals surface area contributed by atoms with E-state index in [1.807, 2.05) is 36.4 Å². The zero-order chi connectivity index (χ0) is 13.6. The van der Waals surface area contributed by atoms with Crippen LogP contribution in [0.15, 0.2) is 42.5 Å². The van der Waals surface area contributed by atoms with Crippen molar-refractivity contribution < 1.29 is 9.53 Å². The van der Waals surface area contributed by atoms with Gasteiger partial charge in [-0.15, -0.1) is 0 Å². The summed E-state index contributed by atoms with van der Waals surface area (Å²) in [6, 6.07) is 9.66. The highest BCUT2D eigenvalue weighted by Gasteiger charge is 2.41. The molecule has 1 saturated heterocycles. The Labute approximate surface area is 112 Å². The van der Waals surface area contributed by atoms with Crippen molar-refractivity contribution in [2.75, 3.05) is 26.3 Å². The minimum atomic E-state index is -0.400. The van der Waals surface area contributed by atoms with Crippen LogP contribution in [0.4, 0.5) is 4.79 Å². The second-order valence-corrected chi connectivity index (χ2v) is 4.48. The smallest absolute Gasteiger partial charge is 0.315 e. The first-order chi connectivity index (χ1) is 9.27. The van der Waals surface area contributed by atoms with Crippen LogP contribution in [0.5, 0.6) is 0 Å². The predicted octanol–water partition coefficient (Wildman–Crippen LogP) is 0.726. The Kier molecular flexibility index (Phi) is 4.54. The SMILES string of the molecule is NC/C=C/CNC(=O)NC1(c2ccccc2)COC1. The van der Waals surface area contributed by atoms with E-state index in [1.165, 1.54) is 0 Å². The van der Waals surface area contributed by atoms with Gasteiger partial charge in [0, 0.05) is 13.1 Å². The van der Waals surface area contributed by atoms with Gasteiger partial charge in [0.15, 0.2) is 0 Å². The Morgan fingerprint density at radius 3 is 2.63 bits per heavy atom. The van der Waals surface area contributed by atoms with Crippen LogP contribution in [0.1, 0.15) is 5.56 Å². The number of nitrogens with two attached hydrogens (primary N) is 1. The maximum Gasteiger partial charge on any atom is 0.315 e. The number of rotatable bonds is 5. The summed E-state index contributed by atoms with van der Waals surface area (Å²) in [7, 11) is 0. The second kappa shape index (κ2) is 6.36. The molecule has 102 valence electrons. The molecule has 19 heavy (non-hydrogen) atoms. The Hall–Kier alpha value is -1.85. The number of carbonyl (C=O) groups excluding carboxylic acids is 1. The predicted molar refractivity (Wildman–Crippen MR) is 73.7 cm³/mol. The van der Waals surface area contributed by atoms with Gasteiger partial charge in [-0.1, -0.05) is 42.5 Å². The van der Waals surface area contributed by atoms with Crippen LogP contribution in [0.2, 0.25) is 0 Å². The van der Waals surface area contributed by atoms with E-state index in [4.69, 9.17) is 10.5 Å². The van der Waals surface area contributed by atoms with Crippen LogP contribution < -0.4 is 16.4 Å². The number of amides is 2. The van der Waals surface area contributed by atoms with E-state index in [2.05, 4.69) is 10.6 Å². The summed E-state index contributed by atoms with van der Waals surface area (Å²) in [6.45, 7) is 1.95. The summed E-state index contributed by atoms with van der Waals surface area (Å²) in [5.74, 6) is 0. The number of urea groups is 1. The van der Waals surface area contributed by atoms with Crippen LogP contribution in [-0.4, -0.2) is 32.3 Å². The first kappa shape index (κ1) is 13.6. The van der Waals surface area contributed by atoms with Crippen molar-refractivity contribution in [3.63, 3.8) is 0 Å². The Morgan fingerprint density at radius 1 is 1.32 bits per heavy atom. The van der Waals surface area contributed by atoms with Crippen molar-refractivity contribution in [1.29, 1.82) is 0 Å². The molecule has 5 heteroatoms. The highest BCUT2D eigenvalue weighted by atomic mass is 16.5. The van der Waals surface area contributed by atoms with Gasteiger partial charge < -0.3 is 21.1 Å². The summed E-state index contributed by atoms with van der Waals surface area (Å²) in [5.41, 5.74) is 5.99. The van der Waals surface area contributed by atoms with Crippen LogP contribution in [0.3, 0.4) is 0 Å². The fraction of sp³-hybridized carbons (Fsp3) is 0.357. The molecule has 1 fully saturated rings. The summed E-state index contributed by atoms with van der Waals surface area (Å²) in [4.78, 5) is 11.8. The van der Waals surface area contributed by atoms with E-state index in [0.29, 0.717) is 26.3 Å². The fourth-order valence-electron chi connectivity index (χ4n) is 1.97. The zero-order valence-electron chi connectivity index (χ0n) is 10.8.